The predicted octanol–water partition coefficient (Wildman–Crippen LogP) is 6.68. The Morgan fingerprint density at radius 1 is 1.00 bits per heavy atom. The van der Waals surface area contributed by atoms with Crippen molar-refractivity contribution in [2.45, 2.75) is 19.5 Å². The van der Waals surface area contributed by atoms with Gasteiger partial charge < -0.3 is 10.1 Å². The first-order chi connectivity index (χ1) is 15.8. The van der Waals surface area contributed by atoms with E-state index >= 15 is 0 Å². The fourth-order valence-electron chi connectivity index (χ4n) is 2.54. The summed E-state index contributed by atoms with van der Waals surface area (Å²) in [5.74, 6) is -1.93. The van der Waals surface area contributed by atoms with E-state index in [9.17, 15) is 30.7 Å². The first-order valence-corrected chi connectivity index (χ1v) is 9.52. The van der Waals surface area contributed by atoms with Gasteiger partial charge in [0.05, 0.1) is 11.8 Å². The van der Waals surface area contributed by atoms with Gasteiger partial charge in [0.1, 0.15) is 22.5 Å². The molecule has 1 aromatic heterocycles. The third-order valence-electron chi connectivity index (χ3n) is 4.11. The van der Waals surface area contributed by atoms with E-state index in [1.165, 1.54) is 25.3 Å². The van der Waals surface area contributed by atoms with Gasteiger partial charge in [-0.15, -0.1) is 13.2 Å². The first-order valence-electron chi connectivity index (χ1n) is 9.14. The summed E-state index contributed by atoms with van der Waals surface area (Å²) in [6.07, 6.45) is -8.46. The van der Waals surface area contributed by atoms with Gasteiger partial charge in [-0.2, -0.15) is 28.2 Å². The summed E-state index contributed by atoms with van der Waals surface area (Å²) in [4.78, 5) is 8.01. The molecule has 0 saturated heterocycles. The molecular formula is C20H13ClF7N5O. The molecule has 2 aromatic carbocycles. The smallest absolute Gasteiger partial charge is 0.406 e. The molecule has 1 heterocycles. The molecule has 0 fully saturated rings. The number of benzene rings is 2. The molecule has 0 aliphatic heterocycles. The molecule has 3 rings (SSSR count). The van der Waals surface area contributed by atoms with Crippen LogP contribution in [-0.2, 0) is 6.18 Å². The Balaban J connectivity index is 1.75. The molecule has 0 amide bonds. The Bertz CT molecular complexity index is 1200. The van der Waals surface area contributed by atoms with E-state index in [1.807, 2.05) is 0 Å². The molecule has 3 aromatic rings. The number of hydrogen-bond donors (Lipinski definition) is 2. The summed E-state index contributed by atoms with van der Waals surface area (Å²) in [5.41, 5.74) is 1.61. The minimum Gasteiger partial charge on any atom is -0.406 e. The van der Waals surface area contributed by atoms with E-state index in [4.69, 9.17) is 11.6 Å². The second-order valence-corrected chi connectivity index (χ2v) is 6.97. The Morgan fingerprint density at radius 3 is 2.29 bits per heavy atom. The van der Waals surface area contributed by atoms with Gasteiger partial charge in [-0.05, 0) is 55.0 Å². The molecule has 0 spiro atoms. The summed E-state index contributed by atoms with van der Waals surface area (Å²) in [6.45, 7) is 1.51. The average Bonchev–Trinajstić information content (AvgIpc) is 2.72. The lowest BCUT2D eigenvalue weighted by Crippen LogP contribution is -2.17. The molecule has 180 valence electrons. The first kappa shape index (κ1) is 25.0. The number of hydrazone groups is 1. The van der Waals surface area contributed by atoms with Crippen molar-refractivity contribution in [2.75, 3.05) is 10.7 Å². The van der Waals surface area contributed by atoms with Crippen LogP contribution >= 0.6 is 11.6 Å². The van der Waals surface area contributed by atoms with Crippen molar-refractivity contribution in [2.24, 2.45) is 5.10 Å². The Morgan fingerprint density at radius 2 is 1.68 bits per heavy atom. The Kier molecular flexibility index (Phi) is 7.15. The maximum Gasteiger partial charge on any atom is 0.573 e. The van der Waals surface area contributed by atoms with Crippen LogP contribution in [0.5, 0.6) is 5.75 Å². The molecular weight excluding hydrogens is 495 g/mol. The summed E-state index contributed by atoms with van der Waals surface area (Å²) in [6, 6.07) is 7.16. The average molecular weight is 508 g/mol. The minimum absolute atomic E-state index is 0.0334. The van der Waals surface area contributed by atoms with Crippen molar-refractivity contribution in [3.63, 3.8) is 0 Å². The highest BCUT2D eigenvalue weighted by Gasteiger charge is 2.34. The number of nitrogens with zero attached hydrogens (tertiary/aromatic N) is 3. The molecule has 0 aliphatic carbocycles. The third-order valence-corrected chi connectivity index (χ3v) is 4.48. The van der Waals surface area contributed by atoms with Crippen molar-refractivity contribution in [3.8, 4) is 5.75 Å². The highest BCUT2D eigenvalue weighted by atomic mass is 35.5. The lowest BCUT2D eigenvalue weighted by molar-refractivity contribution is -0.274. The van der Waals surface area contributed by atoms with Gasteiger partial charge in [0.2, 0.25) is 5.95 Å². The number of aromatic nitrogens is 2. The molecule has 6 nitrogen and oxygen atoms in total. The van der Waals surface area contributed by atoms with Gasteiger partial charge in [0.15, 0.2) is 0 Å². The quantitative estimate of drug-likeness (QED) is 0.168. The Hall–Kier alpha value is -3.61. The molecule has 0 atom stereocenters. The van der Waals surface area contributed by atoms with E-state index in [2.05, 4.69) is 30.5 Å². The number of anilines is 3. The molecule has 0 aliphatic rings. The zero-order valence-corrected chi connectivity index (χ0v) is 17.6. The normalized spacial score (nSPS) is 12.1. The summed E-state index contributed by atoms with van der Waals surface area (Å²) < 4.78 is 92.7. The largest absolute Gasteiger partial charge is 0.573 e. The van der Waals surface area contributed by atoms with Crippen LogP contribution in [0, 0.1) is 12.7 Å². The molecule has 0 unspecified atom stereocenters. The molecule has 0 bridgehead atoms. The molecule has 0 saturated carbocycles. The van der Waals surface area contributed by atoms with Crippen molar-refractivity contribution in [1.29, 1.82) is 0 Å². The van der Waals surface area contributed by atoms with E-state index in [0.717, 1.165) is 18.2 Å². The van der Waals surface area contributed by atoms with Crippen molar-refractivity contribution in [1.82, 2.24) is 9.97 Å². The van der Waals surface area contributed by atoms with Gasteiger partial charge in [-0.25, -0.2) is 9.82 Å². The number of nitrogens with one attached hydrogen (secondary N) is 2. The highest BCUT2D eigenvalue weighted by molar-refractivity contribution is 6.30. The monoisotopic (exact) mass is 507 g/mol. The van der Waals surface area contributed by atoms with Crippen molar-refractivity contribution < 1.29 is 35.5 Å². The van der Waals surface area contributed by atoms with Crippen LogP contribution in [0.15, 0.2) is 47.6 Å². The van der Waals surface area contributed by atoms with Crippen molar-refractivity contribution >= 4 is 35.3 Å². The van der Waals surface area contributed by atoms with Gasteiger partial charge in [0.25, 0.3) is 0 Å². The lowest BCUT2D eigenvalue weighted by Gasteiger charge is -2.13. The van der Waals surface area contributed by atoms with Crippen LogP contribution in [0.25, 0.3) is 0 Å². The van der Waals surface area contributed by atoms with Crippen LogP contribution < -0.4 is 15.5 Å². The van der Waals surface area contributed by atoms with E-state index in [0.29, 0.717) is 23.3 Å². The molecule has 34 heavy (non-hydrogen) atoms. The van der Waals surface area contributed by atoms with Gasteiger partial charge in [-0.1, -0.05) is 11.6 Å². The summed E-state index contributed by atoms with van der Waals surface area (Å²) in [7, 11) is 0. The third kappa shape index (κ3) is 6.70. The number of hydrogen-bond acceptors (Lipinski definition) is 6. The van der Waals surface area contributed by atoms with Gasteiger partial charge in [-0.3, -0.25) is 0 Å². The number of halogens is 8. The Labute approximate surface area is 192 Å². The predicted molar refractivity (Wildman–Crippen MR) is 111 cm³/mol. The second-order valence-electron chi connectivity index (χ2n) is 6.62. The van der Waals surface area contributed by atoms with Crippen LogP contribution in [0.4, 0.5) is 48.2 Å². The number of rotatable bonds is 6. The standard InChI is InChI=1S/C20H13ClF7N5O/c1-10-16(21)31-18(33-29-9-11-2-5-13(6-3-11)34-20(26,27)28)32-17(10)30-12-4-7-15(22)14(8-12)19(23,24)25/h2-9H,1H3,(H2,30,31,32,33)/b29-9+. The topological polar surface area (TPSA) is 71.4 Å². The fraction of sp³-hybridized carbons (Fsp3) is 0.150. The van der Waals surface area contributed by atoms with E-state index < -0.39 is 29.7 Å². The van der Waals surface area contributed by atoms with Crippen LogP contribution in [0.2, 0.25) is 5.15 Å². The van der Waals surface area contributed by atoms with Crippen LogP contribution in [0.3, 0.4) is 0 Å². The van der Waals surface area contributed by atoms with Crippen molar-refractivity contribution in [3.05, 3.63) is 70.1 Å². The lowest BCUT2D eigenvalue weighted by atomic mass is 10.1. The highest BCUT2D eigenvalue weighted by Crippen LogP contribution is 2.34. The number of alkyl halides is 6. The zero-order chi connectivity index (χ0) is 25.1. The van der Waals surface area contributed by atoms with Gasteiger partial charge in [0, 0.05) is 11.3 Å². The van der Waals surface area contributed by atoms with Crippen LogP contribution in [-0.4, -0.2) is 22.5 Å². The minimum atomic E-state index is -4.89. The maximum absolute atomic E-state index is 13.5. The van der Waals surface area contributed by atoms with E-state index in [-0.39, 0.29) is 22.6 Å². The maximum atomic E-state index is 13.5. The SMILES string of the molecule is Cc1c(Cl)nc(N/N=C/c2ccc(OC(F)(F)F)cc2)nc1Nc1ccc(F)c(C(F)(F)F)c1. The second kappa shape index (κ2) is 9.71. The molecule has 14 heteroatoms. The van der Waals surface area contributed by atoms with E-state index in [1.54, 1.807) is 0 Å². The molecule has 2 N–H and O–H groups in total. The van der Waals surface area contributed by atoms with Crippen LogP contribution in [0.1, 0.15) is 16.7 Å². The fourth-order valence-corrected chi connectivity index (χ4v) is 2.71. The molecule has 0 radical (unpaired) electrons. The zero-order valence-electron chi connectivity index (χ0n) is 16.9. The summed E-state index contributed by atoms with van der Waals surface area (Å²) in [5, 5.41) is 6.43. The summed E-state index contributed by atoms with van der Waals surface area (Å²) >= 11 is 6.05. The number of ether oxygens (including phenoxy) is 1. The van der Waals surface area contributed by atoms with Gasteiger partial charge >= 0.3 is 12.5 Å².